The van der Waals surface area contributed by atoms with E-state index in [4.69, 9.17) is 0 Å². The summed E-state index contributed by atoms with van der Waals surface area (Å²) in [4.78, 5) is 14.3. The Balaban J connectivity index is 1.68. The minimum atomic E-state index is -4.60. The molecule has 0 radical (unpaired) electrons. The van der Waals surface area contributed by atoms with Crippen molar-refractivity contribution in [1.82, 2.24) is 9.21 Å². The zero-order valence-corrected chi connectivity index (χ0v) is 16.6. The van der Waals surface area contributed by atoms with Crippen molar-refractivity contribution in [3.8, 4) is 0 Å². The molecule has 2 aliphatic rings. The molecule has 0 bridgehead atoms. The fourth-order valence-electron chi connectivity index (χ4n) is 3.99. The summed E-state index contributed by atoms with van der Waals surface area (Å²) >= 11 is 0. The molecule has 2 aliphatic heterocycles. The SMILES string of the molecule is CC1CCCCN1C(=O)C1CCN(S(=O)(=O)c2cccc(C(F)(F)F)c2)CC1. The predicted molar refractivity (Wildman–Crippen MR) is 98.0 cm³/mol. The van der Waals surface area contributed by atoms with Crippen LogP contribution in [0, 0.1) is 5.92 Å². The van der Waals surface area contributed by atoms with E-state index in [1.165, 1.54) is 10.4 Å². The van der Waals surface area contributed by atoms with Gasteiger partial charge in [-0.25, -0.2) is 8.42 Å². The van der Waals surface area contributed by atoms with E-state index in [0.29, 0.717) is 18.9 Å². The summed E-state index contributed by atoms with van der Waals surface area (Å²) in [7, 11) is -4.02. The van der Waals surface area contributed by atoms with Crippen LogP contribution in [0.5, 0.6) is 0 Å². The number of benzene rings is 1. The molecule has 1 aromatic carbocycles. The lowest BCUT2D eigenvalue weighted by molar-refractivity contribution is -0.140. The van der Waals surface area contributed by atoms with Crippen molar-refractivity contribution >= 4 is 15.9 Å². The fraction of sp³-hybridized carbons (Fsp3) is 0.632. The maximum Gasteiger partial charge on any atom is 0.416 e. The molecular weight excluding hydrogens is 393 g/mol. The topological polar surface area (TPSA) is 57.7 Å². The molecule has 2 saturated heterocycles. The molecule has 9 heteroatoms. The second-order valence-electron chi connectivity index (χ2n) is 7.58. The molecule has 0 aromatic heterocycles. The number of hydrogen-bond donors (Lipinski definition) is 0. The van der Waals surface area contributed by atoms with Crippen LogP contribution >= 0.6 is 0 Å². The number of rotatable bonds is 3. The normalized spacial score (nSPS) is 23.0. The van der Waals surface area contributed by atoms with Gasteiger partial charge >= 0.3 is 6.18 Å². The van der Waals surface area contributed by atoms with Crippen LogP contribution in [0.4, 0.5) is 13.2 Å². The van der Waals surface area contributed by atoms with Crippen LogP contribution in [0.1, 0.15) is 44.6 Å². The Labute approximate surface area is 163 Å². The van der Waals surface area contributed by atoms with Gasteiger partial charge in [-0.1, -0.05) is 6.07 Å². The number of hydrogen-bond acceptors (Lipinski definition) is 3. The average Bonchev–Trinajstić information content (AvgIpc) is 2.67. The molecule has 5 nitrogen and oxygen atoms in total. The van der Waals surface area contributed by atoms with Gasteiger partial charge in [0.25, 0.3) is 0 Å². The zero-order valence-electron chi connectivity index (χ0n) is 15.8. The van der Waals surface area contributed by atoms with Crippen molar-refractivity contribution in [2.24, 2.45) is 5.92 Å². The van der Waals surface area contributed by atoms with Crippen molar-refractivity contribution < 1.29 is 26.4 Å². The Morgan fingerprint density at radius 2 is 1.75 bits per heavy atom. The Bertz CT molecular complexity index is 818. The number of piperidine rings is 2. The third kappa shape index (κ3) is 4.35. The van der Waals surface area contributed by atoms with Crippen LogP contribution < -0.4 is 0 Å². The van der Waals surface area contributed by atoms with Crippen LogP contribution in [0.2, 0.25) is 0 Å². The molecule has 0 N–H and O–H groups in total. The maximum absolute atomic E-state index is 12.9. The number of halogens is 3. The predicted octanol–water partition coefficient (Wildman–Crippen LogP) is 3.51. The first-order valence-electron chi connectivity index (χ1n) is 9.58. The smallest absolute Gasteiger partial charge is 0.340 e. The van der Waals surface area contributed by atoms with Gasteiger partial charge in [0, 0.05) is 31.6 Å². The molecule has 0 saturated carbocycles. The molecule has 1 aromatic rings. The van der Waals surface area contributed by atoms with Crippen LogP contribution in [-0.4, -0.2) is 49.2 Å². The van der Waals surface area contributed by atoms with Gasteiger partial charge in [-0.05, 0) is 57.2 Å². The lowest BCUT2D eigenvalue weighted by atomic mass is 9.94. The number of carbonyl (C=O) groups is 1. The van der Waals surface area contributed by atoms with Gasteiger partial charge < -0.3 is 4.90 Å². The minimum Gasteiger partial charge on any atom is -0.340 e. The molecule has 1 unspecified atom stereocenters. The summed E-state index contributed by atoms with van der Waals surface area (Å²) in [6, 6.07) is 4.00. The second kappa shape index (κ2) is 8.02. The van der Waals surface area contributed by atoms with E-state index in [9.17, 15) is 26.4 Å². The van der Waals surface area contributed by atoms with E-state index >= 15 is 0 Å². The highest BCUT2D eigenvalue weighted by atomic mass is 32.2. The number of sulfonamides is 1. The molecule has 2 heterocycles. The van der Waals surface area contributed by atoms with Crippen LogP contribution in [-0.2, 0) is 21.0 Å². The number of nitrogens with zero attached hydrogens (tertiary/aromatic N) is 2. The zero-order chi connectivity index (χ0) is 20.5. The van der Waals surface area contributed by atoms with Gasteiger partial charge in [-0.2, -0.15) is 17.5 Å². The molecule has 156 valence electrons. The van der Waals surface area contributed by atoms with Gasteiger partial charge in [0.05, 0.1) is 10.5 Å². The second-order valence-corrected chi connectivity index (χ2v) is 9.52. The highest BCUT2D eigenvalue weighted by molar-refractivity contribution is 7.89. The molecular formula is C19H25F3N2O3S. The highest BCUT2D eigenvalue weighted by Crippen LogP contribution is 2.32. The van der Waals surface area contributed by atoms with Gasteiger partial charge in [0.1, 0.15) is 0 Å². The first-order valence-corrected chi connectivity index (χ1v) is 11.0. The third-order valence-corrected chi connectivity index (χ3v) is 7.58. The summed E-state index contributed by atoms with van der Waals surface area (Å²) in [5.74, 6) is -0.156. The Morgan fingerprint density at radius 3 is 2.36 bits per heavy atom. The van der Waals surface area contributed by atoms with Gasteiger partial charge in [-0.15, -0.1) is 0 Å². The summed E-state index contributed by atoms with van der Waals surface area (Å²) in [6.07, 6.45) is -0.747. The number of carbonyl (C=O) groups excluding carboxylic acids is 1. The van der Waals surface area contributed by atoms with Crippen LogP contribution in [0.15, 0.2) is 29.2 Å². The van der Waals surface area contributed by atoms with Crippen molar-refractivity contribution in [1.29, 1.82) is 0 Å². The Hall–Kier alpha value is -1.61. The van der Waals surface area contributed by atoms with E-state index < -0.39 is 21.8 Å². The molecule has 1 amide bonds. The van der Waals surface area contributed by atoms with E-state index in [0.717, 1.165) is 37.9 Å². The monoisotopic (exact) mass is 418 g/mol. The lowest BCUT2D eigenvalue weighted by Crippen LogP contribution is -2.48. The highest BCUT2D eigenvalue weighted by Gasteiger charge is 2.37. The van der Waals surface area contributed by atoms with E-state index in [2.05, 4.69) is 0 Å². The van der Waals surface area contributed by atoms with E-state index in [1.54, 1.807) is 0 Å². The molecule has 3 rings (SSSR count). The fourth-order valence-corrected chi connectivity index (χ4v) is 5.50. The molecule has 28 heavy (non-hydrogen) atoms. The number of alkyl halides is 3. The van der Waals surface area contributed by atoms with Crippen molar-refractivity contribution in [3.05, 3.63) is 29.8 Å². The Morgan fingerprint density at radius 1 is 1.07 bits per heavy atom. The minimum absolute atomic E-state index is 0.0725. The lowest BCUT2D eigenvalue weighted by Gasteiger charge is -2.38. The van der Waals surface area contributed by atoms with Gasteiger partial charge in [0.15, 0.2) is 0 Å². The average molecular weight is 418 g/mol. The molecule has 0 aliphatic carbocycles. The van der Waals surface area contributed by atoms with Gasteiger partial charge in [0.2, 0.25) is 15.9 Å². The molecule has 2 fully saturated rings. The first kappa shape index (κ1) is 21.1. The number of likely N-dealkylation sites (tertiary alicyclic amines) is 1. The third-order valence-electron chi connectivity index (χ3n) is 5.69. The molecule has 1 atom stereocenters. The number of amides is 1. The van der Waals surface area contributed by atoms with Crippen molar-refractivity contribution in [2.75, 3.05) is 19.6 Å². The van der Waals surface area contributed by atoms with E-state index in [-0.39, 0.29) is 35.9 Å². The maximum atomic E-state index is 12.9. The first-order chi connectivity index (χ1) is 13.1. The van der Waals surface area contributed by atoms with Crippen molar-refractivity contribution in [3.63, 3.8) is 0 Å². The quantitative estimate of drug-likeness (QED) is 0.755. The Kier molecular flexibility index (Phi) is 6.05. The van der Waals surface area contributed by atoms with E-state index in [1.807, 2.05) is 11.8 Å². The summed E-state index contributed by atoms with van der Waals surface area (Å²) in [5.41, 5.74) is -0.988. The van der Waals surface area contributed by atoms with Crippen LogP contribution in [0.3, 0.4) is 0 Å². The van der Waals surface area contributed by atoms with Gasteiger partial charge in [-0.3, -0.25) is 4.79 Å². The standard InChI is InChI=1S/C19H25F3N2O3S/c1-14-5-2-3-10-24(14)18(25)15-8-11-23(12-9-15)28(26,27)17-7-4-6-16(13-17)19(20,21)22/h4,6-7,13-15H,2-3,5,8-12H2,1H3. The molecule has 0 spiro atoms. The summed E-state index contributed by atoms with van der Waals surface area (Å²) in [6.45, 7) is 3.04. The van der Waals surface area contributed by atoms with Crippen LogP contribution in [0.25, 0.3) is 0 Å². The summed E-state index contributed by atoms with van der Waals surface area (Å²) < 4.78 is 65.4. The summed E-state index contributed by atoms with van der Waals surface area (Å²) in [5, 5.41) is 0. The largest absolute Gasteiger partial charge is 0.416 e. The van der Waals surface area contributed by atoms with Crippen molar-refractivity contribution in [2.45, 2.75) is 56.1 Å².